The molecule has 4 nitrogen and oxygen atoms in total. The fraction of sp³-hybridized carbons (Fsp3) is 0.294. The zero-order chi connectivity index (χ0) is 16.4. The fourth-order valence-corrected chi connectivity index (χ4v) is 4.88. The molecule has 1 aliphatic heterocycles. The SMILES string of the molecule is Cc1ccccc1S(=O)(=O)N1CCN(c2cccc(Br)c2)CC1. The summed E-state index contributed by atoms with van der Waals surface area (Å²) in [4.78, 5) is 2.63. The number of halogens is 1. The molecule has 0 amide bonds. The van der Waals surface area contributed by atoms with Gasteiger partial charge in [-0.05, 0) is 36.8 Å². The van der Waals surface area contributed by atoms with Crippen molar-refractivity contribution in [1.29, 1.82) is 0 Å². The molecule has 0 spiro atoms. The predicted octanol–water partition coefficient (Wildman–Crippen LogP) is 3.27. The lowest BCUT2D eigenvalue weighted by Gasteiger charge is -2.35. The van der Waals surface area contributed by atoms with Crippen LogP contribution in [0.25, 0.3) is 0 Å². The van der Waals surface area contributed by atoms with Crippen molar-refractivity contribution in [2.45, 2.75) is 11.8 Å². The highest BCUT2D eigenvalue weighted by atomic mass is 79.9. The van der Waals surface area contributed by atoms with Gasteiger partial charge in [0.25, 0.3) is 0 Å². The minimum atomic E-state index is -3.41. The highest BCUT2D eigenvalue weighted by molar-refractivity contribution is 9.10. The molecule has 1 saturated heterocycles. The topological polar surface area (TPSA) is 40.6 Å². The number of rotatable bonds is 3. The summed E-state index contributed by atoms with van der Waals surface area (Å²) in [6.07, 6.45) is 0. The summed E-state index contributed by atoms with van der Waals surface area (Å²) < 4.78 is 28.2. The summed E-state index contributed by atoms with van der Waals surface area (Å²) in [6, 6.07) is 15.3. The highest BCUT2D eigenvalue weighted by Gasteiger charge is 2.29. The zero-order valence-corrected chi connectivity index (χ0v) is 15.3. The van der Waals surface area contributed by atoms with E-state index in [9.17, 15) is 8.42 Å². The molecule has 0 atom stereocenters. The van der Waals surface area contributed by atoms with E-state index in [0.29, 0.717) is 31.1 Å². The molecule has 122 valence electrons. The Morgan fingerprint density at radius 2 is 1.65 bits per heavy atom. The average Bonchev–Trinajstić information content (AvgIpc) is 2.55. The van der Waals surface area contributed by atoms with Gasteiger partial charge in [-0.25, -0.2) is 8.42 Å². The van der Waals surface area contributed by atoms with Gasteiger partial charge in [-0.3, -0.25) is 0 Å². The van der Waals surface area contributed by atoms with Crippen molar-refractivity contribution < 1.29 is 8.42 Å². The lowest BCUT2D eigenvalue weighted by Crippen LogP contribution is -2.48. The number of sulfonamides is 1. The first-order valence-electron chi connectivity index (χ1n) is 7.55. The standard InChI is InChI=1S/C17H19BrN2O2S/c1-14-5-2-3-8-17(14)23(21,22)20-11-9-19(10-12-20)16-7-4-6-15(18)13-16/h2-8,13H,9-12H2,1H3. The lowest BCUT2D eigenvalue weighted by atomic mass is 10.2. The van der Waals surface area contributed by atoms with Crippen molar-refractivity contribution in [2.24, 2.45) is 0 Å². The lowest BCUT2D eigenvalue weighted by molar-refractivity contribution is 0.384. The molecule has 3 rings (SSSR count). The van der Waals surface area contributed by atoms with Crippen LogP contribution >= 0.6 is 15.9 Å². The van der Waals surface area contributed by atoms with Crippen LogP contribution < -0.4 is 4.90 Å². The molecule has 0 radical (unpaired) electrons. The number of hydrogen-bond acceptors (Lipinski definition) is 3. The van der Waals surface area contributed by atoms with Crippen LogP contribution in [0.2, 0.25) is 0 Å². The molecule has 6 heteroatoms. The number of benzene rings is 2. The van der Waals surface area contributed by atoms with E-state index in [-0.39, 0.29) is 0 Å². The second-order valence-electron chi connectivity index (χ2n) is 5.64. The smallest absolute Gasteiger partial charge is 0.243 e. The van der Waals surface area contributed by atoms with Crippen molar-refractivity contribution in [1.82, 2.24) is 4.31 Å². The van der Waals surface area contributed by atoms with Crippen LogP contribution in [-0.2, 0) is 10.0 Å². The molecule has 1 aliphatic rings. The van der Waals surface area contributed by atoms with Gasteiger partial charge in [0.2, 0.25) is 10.0 Å². The Morgan fingerprint density at radius 3 is 2.30 bits per heavy atom. The molecular formula is C17H19BrN2O2S. The largest absolute Gasteiger partial charge is 0.369 e. The van der Waals surface area contributed by atoms with E-state index in [1.54, 1.807) is 16.4 Å². The molecule has 0 saturated carbocycles. The Hall–Kier alpha value is -1.37. The van der Waals surface area contributed by atoms with E-state index in [4.69, 9.17) is 0 Å². The fourth-order valence-electron chi connectivity index (χ4n) is 2.84. The Bertz CT molecular complexity index is 800. The minimum Gasteiger partial charge on any atom is -0.369 e. The second kappa shape index (κ2) is 6.63. The van der Waals surface area contributed by atoms with E-state index in [1.165, 1.54) is 0 Å². The van der Waals surface area contributed by atoms with E-state index in [1.807, 2.05) is 31.2 Å². The number of piperazine rings is 1. The van der Waals surface area contributed by atoms with Gasteiger partial charge in [-0.1, -0.05) is 40.2 Å². The normalized spacial score (nSPS) is 16.5. The first kappa shape index (κ1) is 16.5. The van der Waals surface area contributed by atoms with Crippen LogP contribution in [0.5, 0.6) is 0 Å². The number of hydrogen-bond donors (Lipinski definition) is 0. The van der Waals surface area contributed by atoms with E-state index in [2.05, 4.69) is 33.0 Å². The number of aryl methyl sites for hydroxylation is 1. The molecule has 0 bridgehead atoms. The van der Waals surface area contributed by atoms with Gasteiger partial charge in [-0.15, -0.1) is 0 Å². The van der Waals surface area contributed by atoms with Crippen LogP contribution in [0.1, 0.15) is 5.56 Å². The summed E-state index contributed by atoms with van der Waals surface area (Å²) in [5.41, 5.74) is 1.91. The molecule has 23 heavy (non-hydrogen) atoms. The maximum atomic E-state index is 12.8. The van der Waals surface area contributed by atoms with Gasteiger partial charge in [0, 0.05) is 36.3 Å². The van der Waals surface area contributed by atoms with Gasteiger partial charge >= 0.3 is 0 Å². The summed E-state index contributed by atoms with van der Waals surface area (Å²) in [5, 5.41) is 0. The van der Waals surface area contributed by atoms with E-state index < -0.39 is 10.0 Å². The molecule has 2 aromatic rings. The molecule has 0 N–H and O–H groups in total. The molecule has 1 fully saturated rings. The van der Waals surface area contributed by atoms with Crippen LogP contribution in [0.15, 0.2) is 57.9 Å². The van der Waals surface area contributed by atoms with E-state index in [0.717, 1.165) is 15.7 Å². The minimum absolute atomic E-state index is 0.413. The first-order valence-corrected chi connectivity index (χ1v) is 9.78. The molecule has 2 aromatic carbocycles. The third-order valence-electron chi connectivity index (χ3n) is 4.12. The molecular weight excluding hydrogens is 376 g/mol. The van der Waals surface area contributed by atoms with Gasteiger partial charge < -0.3 is 4.90 Å². The summed E-state index contributed by atoms with van der Waals surface area (Å²) >= 11 is 3.48. The van der Waals surface area contributed by atoms with Crippen molar-refractivity contribution in [2.75, 3.05) is 31.1 Å². The third-order valence-corrected chi connectivity index (χ3v) is 6.68. The second-order valence-corrected chi connectivity index (χ2v) is 8.46. The third kappa shape index (κ3) is 3.44. The Kier molecular flexibility index (Phi) is 4.75. The van der Waals surface area contributed by atoms with Crippen molar-refractivity contribution in [3.63, 3.8) is 0 Å². The monoisotopic (exact) mass is 394 g/mol. The van der Waals surface area contributed by atoms with E-state index >= 15 is 0 Å². The molecule has 0 unspecified atom stereocenters. The molecule has 0 aliphatic carbocycles. The van der Waals surface area contributed by atoms with Crippen LogP contribution in [0.3, 0.4) is 0 Å². The van der Waals surface area contributed by atoms with Gasteiger partial charge in [0.1, 0.15) is 0 Å². The summed E-state index contributed by atoms with van der Waals surface area (Å²) in [7, 11) is -3.41. The van der Waals surface area contributed by atoms with Gasteiger partial charge in [-0.2, -0.15) is 4.31 Å². The number of anilines is 1. The van der Waals surface area contributed by atoms with Crippen LogP contribution in [-0.4, -0.2) is 38.9 Å². The Balaban J connectivity index is 1.75. The predicted molar refractivity (Wildman–Crippen MR) is 96.3 cm³/mol. The Morgan fingerprint density at radius 1 is 0.957 bits per heavy atom. The summed E-state index contributed by atoms with van der Waals surface area (Å²) in [5.74, 6) is 0. The number of nitrogens with zero attached hydrogens (tertiary/aromatic N) is 2. The zero-order valence-electron chi connectivity index (χ0n) is 12.9. The van der Waals surface area contributed by atoms with Crippen molar-refractivity contribution in [3.05, 3.63) is 58.6 Å². The van der Waals surface area contributed by atoms with Crippen LogP contribution in [0.4, 0.5) is 5.69 Å². The van der Waals surface area contributed by atoms with Crippen LogP contribution in [0, 0.1) is 6.92 Å². The Labute approximate surface area is 145 Å². The first-order chi connectivity index (χ1) is 11.0. The van der Waals surface area contributed by atoms with Crippen molar-refractivity contribution in [3.8, 4) is 0 Å². The average molecular weight is 395 g/mol. The molecule has 0 aromatic heterocycles. The summed E-state index contributed by atoms with van der Waals surface area (Å²) in [6.45, 7) is 4.24. The van der Waals surface area contributed by atoms with Gasteiger partial charge in [0.15, 0.2) is 0 Å². The van der Waals surface area contributed by atoms with Crippen molar-refractivity contribution >= 4 is 31.6 Å². The van der Waals surface area contributed by atoms with Gasteiger partial charge in [0.05, 0.1) is 4.90 Å². The molecule has 1 heterocycles. The highest BCUT2D eigenvalue weighted by Crippen LogP contribution is 2.24. The quantitative estimate of drug-likeness (QED) is 0.801. The maximum absolute atomic E-state index is 12.8. The maximum Gasteiger partial charge on any atom is 0.243 e.